The lowest BCUT2D eigenvalue weighted by Crippen LogP contribution is -2.50. The van der Waals surface area contributed by atoms with Crippen molar-refractivity contribution >= 4 is 44.7 Å². The average Bonchev–Trinajstić information content (AvgIpc) is 3.28. The Morgan fingerprint density at radius 2 is 1.85 bits per heavy atom. The third-order valence-electron chi connectivity index (χ3n) is 5.51. The van der Waals surface area contributed by atoms with Crippen LogP contribution in [-0.4, -0.2) is 78.0 Å². The molecule has 1 amide bonds. The minimum absolute atomic E-state index is 0.184. The van der Waals surface area contributed by atoms with Gasteiger partial charge in [-0.2, -0.15) is 4.31 Å². The van der Waals surface area contributed by atoms with Crippen molar-refractivity contribution in [1.29, 1.82) is 0 Å². The van der Waals surface area contributed by atoms with Gasteiger partial charge >= 0.3 is 5.97 Å². The van der Waals surface area contributed by atoms with E-state index >= 15 is 0 Å². The summed E-state index contributed by atoms with van der Waals surface area (Å²) >= 11 is 1.26. The SMILES string of the molecule is COC(=O)C(C)Sc1ccccc1C(=O)N1CCN(S(=O)(=O)c2c[nH]c3ncccc23)CC1. The number of H-pyrrole nitrogens is 1. The molecule has 1 unspecified atom stereocenters. The number of ether oxygens (including phenoxy) is 1. The molecule has 1 fully saturated rings. The highest BCUT2D eigenvalue weighted by Gasteiger charge is 2.33. The maximum atomic E-state index is 13.2. The van der Waals surface area contributed by atoms with Crippen molar-refractivity contribution in [2.24, 2.45) is 0 Å². The number of pyridine rings is 1. The van der Waals surface area contributed by atoms with Crippen molar-refractivity contribution in [2.45, 2.75) is 22.0 Å². The number of sulfonamides is 1. The van der Waals surface area contributed by atoms with Crippen LogP contribution in [0, 0.1) is 0 Å². The first-order chi connectivity index (χ1) is 15.8. The molecular formula is C22H24N4O5S2. The third-order valence-corrected chi connectivity index (χ3v) is 8.61. The average molecular weight is 489 g/mol. The minimum atomic E-state index is -3.73. The van der Waals surface area contributed by atoms with Gasteiger partial charge in [-0.15, -0.1) is 11.8 Å². The summed E-state index contributed by atoms with van der Waals surface area (Å²) in [5.41, 5.74) is 0.998. The predicted octanol–water partition coefficient (Wildman–Crippen LogP) is 2.36. The van der Waals surface area contributed by atoms with Crippen molar-refractivity contribution < 1.29 is 22.7 Å². The summed E-state index contributed by atoms with van der Waals surface area (Å²) in [6.07, 6.45) is 3.06. The summed E-state index contributed by atoms with van der Waals surface area (Å²) in [6.45, 7) is 2.64. The van der Waals surface area contributed by atoms with Crippen molar-refractivity contribution in [3.05, 3.63) is 54.4 Å². The molecule has 0 bridgehead atoms. The fourth-order valence-electron chi connectivity index (χ4n) is 3.74. The van der Waals surface area contributed by atoms with E-state index in [0.29, 0.717) is 21.5 Å². The summed E-state index contributed by atoms with van der Waals surface area (Å²) in [4.78, 5) is 34.6. The normalized spacial score (nSPS) is 16.0. The molecule has 3 heterocycles. The highest BCUT2D eigenvalue weighted by molar-refractivity contribution is 8.00. The molecule has 0 saturated carbocycles. The van der Waals surface area contributed by atoms with Crippen LogP contribution in [0.2, 0.25) is 0 Å². The van der Waals surface area contributed by atoms with Gasteiger partial charge in [0.05, 0.1) is 12.7 Å². The van der Waals surface area contributed by atoms with Crippen molar-refractivity contribution in [3.63, 3.8) is 0 Å². The molecule has 1 aromatic carbocycles. The number of piperazine rings is 1. The quantitative estimate of drug-likeness (QED) is 0.419. The Hall–Kier alpha value is -2.89. The predicted molar refractivity (Wildman–Crippen MR) is 125 cm³/mol. The Balaban J connectivity index is 1.47. The Labute approximate surface area is 196 Å². The van der Waals surface area contributed by atoms with Crippen molar-refractivity contribution in [2.75, 3.05) is 33.3 Å². The van der Waals surface area contributed by atoms with Crippen LogP contribution in [0.15, 0.2) is 58.6 Å². The molecular weight excluding hydrogens is 464 g/mol. The van der Waals surface area contributed by atoms with Crippen LogP contribution < -0.4 is 0 Å². The van der Waals surface area contributed by atoms with Crippen LogP contribution in [0.4, 0.5) is 0 Å². The zero-order chi connectivity index (χ0) is 23.6. The number of amides is 1. The van der Waals surface area contributed by atoms with E-state index in [2.05, 4.69) is 9.97 Å². The van der Waals surface area contributed by atoms with Crippen LogP contribution in [0.5, 0.6) is 0 Å². The zero-order valence-corrected chi connectivity index (χ0v) is 19.9. The second kappa shape index (κ2) is 9.54. The van der Waals surface area contributed by atoms with E-state index < -0.39 is 15.3 Å². The van der Waals surface area contributed by atoms with Gasteiger partial charge in [0, 0.05) is 48.9 Å². The first kappa shape index (κ1) is 23.3. The lowest BCUT2D eigenvalue weighted by Gasteiger charge is -2.34. The maximum absolute atomic E-state index is 13.2. The number of carbonyl (C=O) groups excluding carboxylic acids is 2. The molecule has 0 spiro atoms. The minimum Gasteiger partial charge on any atom is -0.468 e. The summed E-state index contributed by atoms with van der Waals surface area (Å²) in [5.74, 6) is -0.558. The molecule has 0 radical (unpaired) electrons. The van der Waals surface area contributed by atoms with Gasteiger partial charge < -0.3 is 14.6 Å². The Kier molecular flexibility index (Phi) is 6.73. The summed E-state index contributed by atoms with van der Waals surface area (Å²) in [6, 6.07) is 10.5. The summed E-state index contributed by atoms with van der Waals surface area (Å²) < 4.78 is 32.6. The number of hydrogen-bond acceptors (Lipinski definition) is 7. The van der Waals surface area contributed by atoms with Gasteiger partial charge in [0.15, 0.2) is 0 Å². The molecule has 174 valence electrons. The molecule has 1 N–H and O–H groups in total. The van der Waals surface area contributed by atoms with Crippen molar-refractivity contribution in [3.8, 4) is 0 Å². The number of esters is 1. The second-order valence-electron chi connectivity index (χ2n) is 7.53. The van der Waals surface area contributed by atoms with E-state index in [1.807, 2.05) is 6.07 Å². The van der Waals surface area contributed by atoms with Gasteiger partial charge in [0.25, 0.3) is 5.91 Å². The number of hydrogen-bond donors (Lipinski definition) is 1. The number of aromatic nitrogens is 2. The highest BCUT2D eigenvalue weighted by atomic mass is 32.2. The lowest BCUT2D eigenvalue weighted by molar-refractivity contribution is -0.139. The third kappa shape index (κ3) is 4.61. The second-order valence-corrected chi connectivity index (χ2v) is 10.8. The van der Waals surface area contributed by atoms with Gasteiger partial charge in [-0.25, -0.2) is 13.4 Å². The molecule has 1 aliphatic rings. The number of nitrogens with one attached hydrogen (secondary N) is 1. The molecule has 1 saturated heterocycles. The number of nitrogens with zero attached hydrogens (tertiary/aromatic N) is 3. The molecule has 33 heavy (non-hydrogen) atoms. The molecule has 0 aliphatic carbocycles. The Morgan fingerprint density at radius 3 is 2.58 bits per heavy atom. The molecule has 1 aliphatic heterocycles. The van der Waals surface area contributed by atoms with E-state index in [1.54, 1.807) is 48.4 Å². The topological polar surface area (TPSA) is 113 Å². The van der Waals surface area contributed by atoms with Crippen LogP contribution in [-0.2, 0) is 19.6 Å². The van der Waals surface area contributed by atoms with Gasteiger partial charge in [0.1, 0.15) is 15.8 Å². The molecule has 1 atom stereocenters. The van der Waals surface area contributed by atoms with Gasteiger partial charge in [-0.05, 0) is 31.2 Å². The first-order valence-corrected chi connectivity index (χ1v) is 12.7. The molecule has 11 heteroatoms. The highest BCUT2D eigenvalue weighted by Crippen LogP contribution is 2.29. The van der Waals surface area contributed by atoms with Gasteiger partial charge in [0.2, 0.25) is 10.0 Å². The summed E-state index contributed by atoms with van der Waals surface area (Å²) in [5, 5.41) is 0.0817. The fourth-order valence-corrected chi connectivity index (χ4v) is 6.32. The van der Waals surface area contributed by atoms with Gasteiger partial charge in [-0.3, -0.25) is 9.59 Å². The summed E-state index contributed by atoms with van der Waals surface area (Å²) in [7, 11) is -2.40. The zero-order valence-electron chi connectivity index (χ0n) is 18.2. The van der Waals surface area contributed by atoms with Crippen LogP contribution >= 0.6 is 11.8 Å². The lowest BCUT2D eigenvalue weighted by atomic mass is 10.2. The first-order valence-electron chi connectivity index (χ1n) is 10.4. The van der Waals surface area contributed by atoms with E-state index in [4.69, 9.17) is 4.74 Å². The standard InChI is InChI=1S/C22H24N4O5S2/c1-15(22(28)31-2)32-18-8-4-3-6-16(18)21(27)25-10-12-26(13-11-25)33(29,30)19-14-24-20-17(19)7-5-9-23-20/h3-9,14-15H,10-13H2,1-2H3,(H,23,24). The van der Waals surface area contributed by atoms with Crippen LogP contribution in [0.25, 0.3) is 11.0 Å². The maximum Gasteiger partial charge on any atom is 0.318 e. The number of carbonyl (C=O) groups is 2. The largest absolute Gasteiger partial charge is 0.468 e. The van der Waals surface area contributed by atoms with Crippen molar-refractivity contribution in [1.82, 2.24) is 19.2 Å². The van der Waals surface area contributed by atoms with Gasteiger partial charge in [-0.1, -0.05) is 12.1 Å². The molecule has 9 nitrogen and oxygen atoms in total. The van der Waals surface area contributed by atoms with E-state index in [9.17, 15) is 18.0 Å². The van der Waals surface area contributed by atoms with E-state index in [-0.39, 0.29) is 43.0 Å². The van der Waals surface area contributed by atoms with E-state index in [1.165, 1.54) is 29.4 Å². The van der Waals surface area contributed by atoms with E-state index in [0.717, 1.165) is 0 Å². The number of benzene rings is 1. The molecule has 3 aromatic rings. The fraction of sp³-hybridized carbons (Fsp3) is 0.318. The Bertz CT molecular complexity index is 1280. The number of aromatic amines is 1. The molecule has 2 aromatic heterocycles. The number of methoxy groups -OCH3 is 1. The number of thioether (sulfide) groups is 1. The van der Waals surface area contributed by atoms with Crippen LogP contribution in [0.1, 0.15) is 17.3 Å². The monoisotopic (exact) mass is 488 g/mol. The smallest absolute Gasteiger partial charge is 0.318 e. The number of fused-ring (bicyclic) bond motifs is 1. The van der Waals surface area contributed by atoms with Crippen LogP contribution in [0.3, 0.4) is 0 Å². The number of rotatable bonds is 6. The molecule has 4 rings (SSSR count). The Morgan fingerprint density at radius 1 is 1.12 bits per heavy atom.